The first-order chi connectivity index (χ1) is 9.33. The molecule has 1 heterocycles. The van der Waals surface area contributed by atoms with Gasteiger partial charge in [0, 0.05) is 33.8 Å². The Kier molecular flexibility index (Phi) is 6.75. The summed E-state index contributed by atoms with van der Waals surface area (Å²) < 4.78 is 41.6. The molecular formula is C13H23F3N2O2. The molecule has 1 aliphatic heterocycles. The van der Waals surface area contributed by atoms with Gasteiger partial charge in [-0.2, -0.15) is 13.2 Å². The molecule has 1 saturated heterocycles. The number of halogens is 3. The molecule has 0 N–H and O–H groups in total. The standard InChI is InChI=1S/C13H23F3N2O2/c1-17(8-9-20-2)12(19)11-4-3-6-18(10-11)7-5-13(14,15)16/h11H,3-10H2,1-2H3/t11-/m1/s1. The highest BCUT2D eigenvalue weighted by atomic mass is 19.4. The second-order valence-corrected chi connectivity index (χ2v) is 5.26. The van der Waals surface area contributed by atoms with Crippen LogP contribution in [0.4, 0.5) is 13.2 Å². The van der Waals surface area contributed by atoms with E-state index in [9.17, 15) is 18.0 Å². The van der Waals surface area contributed by atoms with Crippen molar-refractivity contribution < 1.29 is 22.7 Å². The molecule has 0 aliphatic carbocycles. The summed E-state index contributed by atoms with van der Waals surface area (Å²) in [5.41, 5.74) is 0. The minimum Gasteiger partial charge on any atom is -0.383 e. The number of hydrogen-bond donors (Lipinski definition) is 0. The van der Waals surface area contributed by atoms with Gasteiger partial charge >= 0.3 is 6.18 Å². The normalized spacial score (nSPS) is 20.9. The SMILES string of the molecule is COCCN(C)C(=O)[C@@H]1CCCN(CCC(F)(F)F)C1. The Hall–Kier alpha value is -0.820. The maximum Gasteiger partial charge on any atom is 0.390 e. The van der Waals surface area contributed by atoms with E-state index in [4.69, 9.17) is 4.74 Å². The quantitative estimate of drug-likeness (QED) is 0.749. The third-order valence-electron chi connectivity index (χ3n) is 3.57. The van der Waals surface area contributed by atoms with Crippen molar-refractivity contribution in [1.82, 2.24) is 9.80 Å². The summed E-state index contributed by atoms with van der Waals surface area (Å²) in [5.74, 6) is -0.197. The molecule has 7 heteroatoms. The molecule has 4 nitrogen and oxygen atoms in total. The average Bonchev–Trinajstić information content (AvgIpc) is 2.41. The van der Waals surface area contributed by atoms with Gasteiger partial charge in [-0.05, 0) is 19.4 Å². The van der Waals surface area contributed by atoms with Crippen molar-refractivity contribution in [3.63, 3.8) is 0 Å². The van der Waals surface area contributed by atoms with Gasteiger partial charge in [-0.15, -0.1) is 0 Å². The van der Waals surface area contributed by atoms with Crippen molar-refractivity contribution in [3.05, 3.63) is 0 Å². The van der Waals surface area contributed by atoms with Crippen molar-refractivity contribution in [1.29, 1.82) is 0 Å². The number of methoxy groups -OCH3 is 1. The van der Waals surface area contributed by atoms with Gasteiger partial charge < -0.3 is 14.5 Å². The summed E-state index contributed by atoms with van der Waals surface area (Å²) >= 11 is 0. The lowest BCUT2D eigenvalue weighted by molar-refractivity contribution is -0.141. The van der Waals surface area contributed by atoms with Crippen LogP contribution in [0.3, 0.4) is 0 Å². The lowest BCUT2D eigenvalue weighted by Crippen LogP contribution is -2.45. The molecule has 118 valence electrons. The number of ether oxygens (including phenoxy) is 1. The van der Waals surface area contributed by atoms with E-state index in [0.717, 1.165) is 12.8 Å². The zero-order chi connectivity index (χ0) is 15.2. The molecule has 0 saturated carbocycles. The van der Waals surface area contributed by atoms with Gasteiger partial charge in [-0.1, -0.05) is 0 Å². The summed E-state index contributed by atoms with van der Waals surface area (Å²) in [6, 6.07) is 0. The molecule has 1 aliphatic rings. The van der Waals surface area contributed by atoms with Crippen LogP contribution in [0.1, 0.15) is 19.3 Å². The molecule has 1 atom stereocenters. The zero-order valence-electron chi connectivity index (χ0n) is 12.1. The Balaban J connectivity index is 2.41. The van der Waals surface area contributed by atoms with Crippen LogP contribution >= 0.6 is 0 Å². The number of carbonyl (C=O) groups excluding carboxylic acids is 1. The average molecular weight is 296 g/mol. The van der Waals surface area contributed by atoms with Crippen LogP contribution in [0.5, 0.6) is 0 Å². The van der Waals surface area contributed by atoms with Gasteiger partial charge in [0.15, 0.2) is 0 Å². The Labute approximate surface area is 117 Å². The molecule has 1 rings (SSSR count). The molecule has 0 radical (unpaired) electrons. The van der Waals surface area contributed by atoms with Crippen LogP contribution in [-0.4, -0.2) is 68.8 Å². The number of nitrogens with zero attached hydrogens (tertiary/aromatic N) is 2. The van der Waals surface area contributed by atoms with E-state index in [1.165, 1.54) is 0 Å². The molecule has 1 amide bonds. The largest absolute Gasteiger partial charge is 0.390 e. The fraction of sp³-hybridized carbons (Fsp3) is 0.923. The first-order valence-corrected chi connectivity index (χ1v) is 6.86. The smallest absolute Gasteiger partial charge is 0.383 e. The molecule has 0 bridgehead atoms. The highest BCUT2D eigenvalue weighted by Crippen LogP contribution is 2.23. The highest BCUT2D eigenvalue weighted by Gasteiger charge is 2.31. The fourth-order valence-electron chi connectivity index (χ4n) is 2.40. The second kappa shape index (κ2) is 7.83. The Morgan fingerprint density at radius 2 is 2.15 bits per heavy atom. The maximum atomic E-state index is 12.2. The lowest BCUT2D eigenvalue weighted by atomic mass is 9.96. The first kappa shape index (κ1) is 17.2. The van der Waals surface area contributed by atoms with Gasteiger partial charge in [0.25, 0.3) is 0 Å². The van der Waals surface area contributed by atoms with Crippen molar-refractivity contribution in [2.75, 3.05) is 46.9 Å². The molecule has 20 heavy (non-hydrogen) atoms. The Bertz CT molecular complexity index is 310. The monoisotopic (exact) mass is 296 g/mol. The summed E-state index contributed by atoms with van der Waals surface area (Å²) in [4.78, 5) is 15.5. The van der Waals surface area contributed by atoms with Crippen LogP contribution in [0, 0.1) is 5.92 Å². The fourth-order valence-corrected chi connectivity index (χ4v) is 2.40. The number of rotatable bonds is 6. The number of likely N-dealkylation sites (tertiary alicyclic amines) is 1. The summed E-state index contributed by atoms with van der Waals surface area (Å²) in [6.07, 6.45) is -3.43. The third kappa shape index (κ3) is 6.09. The number of carbonyl (C=O) groups is 1. The predicted molar refractivity (Wildman–Crippen MR) is 69.3 cm³/mol. The minimum atomic E-state index is -4.13. The van der Waals surface area contributed by atoms with E-state index in [1.54, 1.807) is 24.0 Å². The van der Waals surface area contributed by atoms with Gasteiger partial charge in [0.1, 0.15) is 0 Å². The van der Waals surface area contributed by atoms with Gasteiger partial charge in [-0.25, -0.2) is 0 Å². The van der Waals surface area contributed by atoms with Crippen LogP contribution in [-0.2, 0) is 9.53 Å². The summed E-state index contributed by atoms with van der Waals surface area (Å²) in [5, 5.41) is 0. The molecule has 0 aromatic rings. The zero-order valence-corrected chi connectivity index (χ0v) is 12.1. The van der Waals surface area contributed by atoms with Crippen molar-refractivity contribution >= 4 is 5.91 Å². The van der Waals surface area contributed by atoms with E-state index in [1.807, 2.05) is 0 Å². The molecule has 0 aromatic heterocycles. The molecular weight excluding hydrogens is 273 g/mol. The van der Waals surface area contributed by atoms with Gasteiger partial charge in [0.05, 0.1) is 18.9 Å². The number of alkyl halides is 3. The van der Waals surface area contributed by atoms with E-state index < -0.39 is 12.6 Å². The summed E-state index contributed by atoms with van der Waals surface area (Å²) in [6.45, 7) is 2.02. The predicted octanol–water partition coefficient (Wildman–Crippen LogP) is 1.76. The maximum absolute atomic E-state index is 12.2. The van der Waals surface area contributed by atoms with Crippen LogP contribution < -0.4 is 0 Å². The second-order valence-electron chi connectivity index (χ2n) is 5.26. The molecule has 0 unspecified atom stereocenters. The Morgan fingerprint density at radius 3 is 2.75 bits per heavy atom. The first-order valence-electron chi connectivity index (χ1n) is 6.86. The summed E-state index contributed by atoms with van der Waals surface area (Å²) in [7, 11) is 3.27. The van der Waals surface area contributed by atoms with E-state index in [0.29, 0.717) is 26.2 Å². The van der Waals surface area contributed by atoms with Crippen molar-refractivity contribution in [2.45, 2.75) is 25.4 Å². The highest BCUT2D eigenvalue weighted by molar-refractivity contribution is 5.78. The van der Waals surface area contributed by atoms with Crippen LogP contribution in [0.2, 0.25) is 0 Å². The van der Waals surface area contributed by atoms with E-state index >= 15 is 0 Å². The molecule has 1 fully saturated rings. The Morgan fingerprint density at radius 1 is 1.45 bits per heavy atom. The van der Waals surface area contributed by atoms with Crippen molar-refractivity contribution in [3.8, 4) is 0 Å². The van der Waals surface area contributed by atoms with Gasteiger partial charge in [0.2, 0.25) is 5.91 Å². The van der Waals surface area contributed by atoms with E-state index in [-0.39, 0.29) is 18.4 Å². The van der Waals surface area contributed by atoms with Gasteiger partial charge in [-0.3, -0.25) is 4.79 Å². The van der Waals surface area contributed by atoms with Crippen molar-refractivity contribution in [2.24, 2.45) is 5.92 Å². The topological polar surface area (TPSA) is 32.8 Å². The van der Waals surface area contributed by atoms with Crippen LogP contribution in [0.15, 0.2) is 0 Å². The number of likely N-dealkylation sites (N-methyl/N-ethyl adjacent to an activating group) is 1. The third-order valence-corrected chi connectivity index (χ3v) is 3.57. The lowest BCUT2D eigenvalue weighted by Gasteiger charge is -2.34. The van der Waals surface area contributed by atoms with Crippen LogP contribution in [0.25, 0.3) is 0 Å². The molecule has 0 spiro atoms. The minimum absolute atomic E-state index is 0.00115. The number of piperidine rings is 1. The number of hydrogen-bond acceptors (Lipinski definition) is 3. The van der Waals surface area contributed by atoms with E-state index in [2.05, 4.69) is 0 Å². The number of amides is 1. The molecule has 0 aromatic carbocycles.